The van der Waals surface area contributed by atoms with Gasteiger partial charge in [0.15, 0.2) is 6.10 Å². The third kappa shape index (κ3) is 2.43. The number of rotatable bonds is 4. The second kappa shape index (κ2) is 4.93. The second-order valence-electron chi connectivity index (χ2n) is 2.54. The third-order valence-electron chi connectivity index (χ3n) is 1.59. The lowest BCUT2D eigenvalue weighted by molar-refractivity contribution is -0.150. The summed E-state index contributed by atoms with van der Waals surface area (Å²) < 4.78 is 5.02. The quantitative estimate of drug-likeness (QED) is 0.834. The molecule has 0 aliphatic carbocycles. The molecule has 0 spiro atoms. The zero-order chi connectivity index (χ0) is 10.6. The fraction of sp³-hybridized carbons (Fsp3) is 0.333. The number of hydrogen-bond acceptors (Lipinski definition) is 3. The molecule has 4 nitrogen and oxygen atoms in total. The first-order chi connectivity index (χ1) is 6.66. The van der Waals surface area contributed by atoms with Gasteiger partial charge < -0.3 is 9.84 Å². The summed E-state index contributed by atoms with van der Waals surface area (Å²) in [5.41, 5.74) is 0.239. The van der Waals surface area contributed by atoms with Gasteiger partial charge in [-0.3, -0.25) is 4.98 Å². The summed E-state index contributed by atoms with van der Waals surface area (Å²) in [6.45, 7) is 2.01. The largest absolute Gasteiger partial charge is 0.479 e. The van der Waals surface area contributed by atoms with E-state index in [1.54, 1.807) is 19.1 Å². The molecule has 1 aromatic heterocycles. The van der Waals surface area contributed by atoms with E-state index in [1.807, 2.05) is 0 Å². The summed E-state index contributed by atoms with van der Waals surface area (Å²) in [7, 11) is 0. The Bertz CT molecular complexity index is 330. The molecular formula is C9H10ClNO3. The van der Waals surface area contributed by atoms with Gasteiger partial charge in [-0.1, -0.05) is 11.6 Å². The topological polar surface area (TPSA) is 59.4 Å². The predicted molar refractivity (Wildman–Crippen MR) is 51.2 cm³/mol. The number of pyridine rings is 1. The predicted octanol–water partition coefficient (Wildman–Crippen LogP) is 1.90. The van der Waals surface area contributed by atoms with E-state index in [0.717, 1.165) is 0 Å². The summed E-state index contributed by atoms with van der Waals surface area (Å²) in [5.74, 6) is -1.09. The van der Waals surface area contributed by atoms with Gasteiger partial charge in [-0.2, -0.15) is 0 Å². The number of nitrogens with zero attached hydrogens (tertiary/aromatic N) is 1. The highest BCUT2D eigenvalue weighted by Crippen LogP contribution is 2.23. The smallest absolute Gasteiger partial charge is 0.339 e. The maximum atomic E-state index is 10.8. The van der Waals surface area contributed by atoms with Crippen LogP contribution in [0.25, 0.3) is 0 Å². The Kier molecular flexibility index (Phi) is 3.85. The average molecular weight is 216 g/mol. The van der Waals surface area contributed by atoms with E-state index in [9.17, 15) is 4.79 Å². The molecule has 5 heteroatoms. The van der Waals surface area contributed by atoms with Gasteiger partial charge in [0.05, 0.1) is 10.7 Å². The van der Waals surface area contributed by atoms with Crippen molar-refractivity contribution >= 4 is 17.6 Å². The fourth-order valence-electron chi connectivity index (χ4n) is 1.02. The molecule has 1 heterocycles. The zero-order valence-corrected chi connectivity index (χ0v) is 8.36. The summed E-state index contributed by atoms with van der Waals surface area (Å²) in [5, 5.41) is 9.16. The molecule has 1 rings (SSSR count). The SMILES string of the molecule is CCOC(C(=O)O)c1ncccc1Cl. The summed E-state index contributed by atoms with van der Waals surface area (Å²) in [6, 6.07) is 3.22. The van der Waals surface area contributed by atoms with Crippen LogP contribution in [0.1, 0.15) is 18.7 Å². The lowest BCUT2D eigenvalue weighted by atomic mass is 10.2. The Labute approximate surface area is 86.5 Å². The summed E-state index contributed by atoms with van der Waals surface area (Å²) in [4.78, 5) is 14.7. The van der Waals surface area contributed by atoms with Crippen molar-refractivity contribution in [3.05, 3.63) is 29.0 Å². The molecular weight excluding hydrogens is 206 g/mol. The second-order valence-corrected chi connectivity index (χ2v) is 2.95. The maximum absolute atomic E-state index is 10.8. The molecule has 1 atom stereocenters. The number of ether oxygens (including phenoxy) is 1. The Balaban J connectivity index is 2.99. The minimum Gasteiger partial charge on any atom is -0.479 e. The maximum Gasteiger partial charge on any atom is 0.339 e. The van der Waals surface area contributed by atoms with Crippen LogP contribution in [-0.2, 0) is 9.53 Å². The van der Waals surface area contributed by atoms with Crippen LogP contribution in [-0.4, -0.2) is 22.7 Å². The number of hydrogen-bond donors (Lipinski definition) is 1. The van der Waals surface area contributed by atoms with Crippen LogP contribution in [0.15, 0.2) is 18.3 Å². The molecule has 1 aromatic rings. The number of aliphatic carboxylic acids is 1. The minimum atomic E-state index is -1.09. The minimum absolute atomic E-state index is 0.239. The molecule has 0 fully saturated rings. The van der Waals surface area contributed by atoms with E-state index in [4.69, 9.17) is 21.4 Å². The molecule has 0 amide bonds. The van der Waals surface area contributed by atoms with Crippen molar-refractivity contribution in [1.29, 1.82) is 0 Å². The van der Waals surface area contributed by atoms with Crippen molar-refractivity contribution in [2.24, 2.45) is 0 Å². The fourth-order valence-corrected chi connectivity index (χ4v) is 1.25. The van der Waals surface area contributed by atoms with Crippen molar-refractivity contribution in [1.82, 2.24) is 4.98 Å². The molecule has 1 N–H and O–H groups in total. The van der Waals surface area contributed by atoms with Crippen LogP contribution in [0.2, 0.25) is 5.02 Å². The zero-order valence-electron chi connectivity index (χ0n) is 7.61. The summed E-state index contributed by atoms with van der Waals surface area (Å²) >= 11 is 5.79. The van der Waals surface area contributed by atoms with Gasteiger partial charge in [0.2, 0.25) is 0 Å². The molecule has 0 radical (unpaired) electrons. The number of carboxylic acids is 1. The van der Waals surface area contributed by atoms with Crippen molar-refractivity contribution in [2.45, 2.75) is 13.0 Å². The standard InChI is InChI=1S/C9H10ClNO3/c1-2-14-8(9(12)13)7-6(10)4-3-5-11-7/h3-5,8H,2H2,1H3,(H,12,13). The van der Waals surface area contributed by atoms with Crippen LogP contribution in [0.3, 0.4) is 0 Å². The van der Waals surface area contributed by atoms with Crippen LogP contribution in [0.5, 0.6) is 0 Å². The molecule has 0 saturated heterocycles. The van der Waals surface area contributed by atoms with Crippen LogP contribution in [0.4, 0.5) is 0 Å². The van der Waals surface area contributed by atoms with Gasteiger partial charge >= 0.3 is 5.97 Å². The van der Waals surface area contributed by atoms with E-state index in [1.165, 1.54) is 6.20 Å². The van der Waals surface area contributed by atoms with Crippen molar-refractivity contribution in [3.8, 4) is 0 Å². The van der Waals surface area contributed by atoms with Crippen molar-refractivity contribution in [3.63, 3.8) is 0 Å². The molecule has 14 heavy (non-hydrogen) atoms. The van der Waals surface area contributed by atoms with Gasteiger partial charge in [0.1, 0.15) is 0 Å². The Hall–Kier alpha value is -1.13. The van der Waals surface area contributed by atoms with E-state index in [-0.39, 0.29) is 5.69 Å². The number of halogens is 1. The normalized spacial score (nSPS) is 12.4. The first-order valence-corrected chi connectivity index (χ1v) is 4.49. The third-order valence-corrected chi connectivity index (χ3v) is 1.91. The molecule has 76 valence electrons. The molecule has 0 aliphatic rings. The van der Waals surface area contributed by atoms with Gasteiger partial charge in [0, 0.05) is 12.8 Å². The van der Waals surface area contributed by atoms with Crippen LogP contribution < -0.4 is 0 Å². The highest BCUT2D eigenvalue weighted by molar-refractivity contribution is 6.31. The lowest BCUT2D eigenvalue weighted by Gasteiger charge is -2.12. The Morgan fingerprint density at radius 1 is 1.79 bits per heavy atom. The van der Waals surface area contributed by atoms with E-state index < -0.39 is 12.1 Å². The van der Waals surface area contributed by atoms with E-state index >= 15 is 0 Å². The van der Waals surface area contributed by atoms with Crippen LogP contribution in [0, 0.1) is 0 Å². The first kappa shape index (κ1) is 10.9. The molecule has 0 aromatic carbocycles. The van der Waals surface area contributed by atoms with Gasteiger partial charge in [-0.15, -0.1) is 0 Å². The van der Waals surface area contributed by atoms with Crippen LogP contribution >= 0.6 is 11.6 Å². The molecule has 0 bridgehead atoms. The first-order valence-electron chi connectivity index (χ1n) is 4.11. The number of carboxylic acid groups (broad SMARTS) is 1. The van der Waals surface area contributed by atoms with Gasteiger partial charge in [0.25, 0.3) is 0 Å². The van der Waals surface area contributed by atoms with E-state index in [0.29, 0.717) is 11.6 Å². The highest BCUT2D eigenvalue weighted by Gasteiger charge is 2.23. The Morgan fingerprint density at radius 2 is 2.50 bits per heavy atom. The van der Waals surface area contributed by atoms with Gasteiger partial charge in [-0.05, 0) is 19.1 Å². The monoisotopic (exact) mass is 215 g/mol. The van der Waals surface area contributed by atoms with Gasteiger partial charge in [-0.25, -0.2) is 4.79 Å². The molecule has 1 unspecified atom stereocenters. The number of aromatic nitrogens is 1. The lowest BCUT2D eigenvalue weighted by Crippen LogP contribution is -2.17. The average Bonchev–Trinajstić information content (AvgIpc) is 2.15. The van der Waals surface area contributed by atoms with Crippen molar-refractivity contribution < 1.29 is 14.6 Å². The number of carbonyl (C=O) groups is 1. The molecule has 0 aliphatic heterocycles. The van der Waals surface area contributed by atoms with Crippen molar-refractivity contribution in [2.75, 3.05) is 6.61 Å². The van der Waals surface area contributed by atoms with E-state index in [2.05, 4.69) is 4.98 Å². The highest BCUT2D eigenvalue weighted by atomic mass is 35.5. The Morgan fingerprint density at radius 3 is 3.00 bits per heavy atom. The molecule has 0 saturated carbocycles. The summed E-state index contributed by atoms with van der Waals surface area (Å²) in [6.07, 6.45) is 0.393.